The van der Waals surface area contributed by atoms with Gasteiger partial charge in [-0.3, -0.25) is 14.5 Å². The van der Waals surface area contributed by atoms with Crippen molar-refractivity contribution in [2.24, 2.45) is 0 Å². The largest absolute Gasteiger partial charge is 0.342 e. The number of piperazine rings is 1. The van der Waals surface area contributed by atoms with Gasteiger partial charge in [0.2, 0.25) is 11.8 Å². The first-order valence-electron chi connectivity index (χ1n) is 9.34. The molecule has 0 N–H and O–H groups in total. The maximum atomic E-state index is 12.4. The van der Waals surface area contributed by atoms with E-state index in [0.29, 0.717) is 19.6 Å². The highest BCUT2D eigenvalue weighted by Crippen LogP contribution is 2.13. The fourth-order valence-electron chi connectivity index (χ4n) is 3.44. The normalized spacial score (nSPS) is 19.1. The molecule has 0 aromatic heterocycles. The first kappa shape index (κ1) is 19.1. The van der Waals surface area contributed by atoms with Gasteiger partial charge in [-0.05, 0) is 43.0 Å². The van der Waals surface area contributed by atoms with E-state index in [0.717, 1.165) is 49.1 Å². The van der Waals surface area contributed by atoms with Crippen LogP contribution >= 0.6 is 15.9 Å². The molecule has 26 heavy (non-hydrogen) atoms. The smallest absolute Gasteiger partial charge is 0.246 e. The Morgan fingerprint density at radius 3 is 2.38 bits per heavy atom. The van der Waals surface area contributed by atoms with Crippen LogP contribution in [0.5, 0.6) is 0 Å². The van der Waals surface area contributed by atoms with Crippen LogP contribution in [-0.4, -0.2) is 72.3 Å². The molecule has 0 spiro atoms. The van der Waals surface area contributed by atoms with Crippen molar-refractivity contribution in [1.82, 2.24) is 14.7 Å². The summed E-state index contributed by atoms with van der Waals surface area (Å²) < 4.78 is 0.999. The lowest BCUT2D eigenvalue weighted by Crippen LogP contribution is -2.51. The molecule has 2 saturated heterocycles. The minimum atomic E-state index is 0.0342. The lowest BCUT2D eigenvalue weighted by molar-refractivity contribution is -0.134. The van der Waals surface area contributed by atoms with Gasteiger partial charge in [-0.25, -0.2) is 0 Å². The number of hydrogen-bond acceptors (Lipinski definition) is 3. The van der Waals surface area contributed by atoms with Gasteiger partial charge in [0, 0.05) is 49.8 Å². The number of carbonyl (C=O) groups is 2. The van der Waals surface area contributed by atoms with Crippen LogP contribution < -0.4 is 0 Å². The predicted molar refractivity (Wildman–Crippen MR) is 107 cm³/mol. The van der Waals surface area contributed by atoms with E-state index < -0.39 is 0 Å². The van der Waals surface area contributed by atoms with E-state index >= 15 is 0 Å². The van der Waals surface area contributed by atoms with Gasteiger partial charge in [0.05, 0.1) is 6.54 Å². The van der Waals surface area contributed by atoms with E-state index in [1.165, 1.54) is 6.42 Å². The molecule has 0 saturated carbocycles. The number of benzene rings is 1. The third-order valence-electron chi connectivity index (χ3n) is 5.02. The molecule has 1 aromatic rings. The summed E-state index contributed by atoms with van der Waals surface area (Å²) >= 11 is 3.43. The van der Waals surface area contributed by atoms with Crippen molar-refractivity contribution in [3.63, 3.8) is 0 Å². The van der Waals surface area contributed by atoms with E-state index in [9.17, 15) is 9.59 Å². The molecule has 5 nitrogen and oxygen atoms in total. The second-order valence-corrected chi connectivity index (χ2v) is 7.85. The van der Waals surface area contributed by atoms with Crippen molar-refractivity contribution in [3.05, 3.63) is 40.4 Å². The van der Waals surface area contributed by atoms with Gasteiger partial charge >= 0.3 is 0 Å². The monoisotopic (exact) mass is 419 g/mol. The summed E-state index contributed by atoms with van der Waals surface area (Å²) in [7, 11) is 0. The lowest BCUT2D eigenvalue weighted by Gasteiger charge is -2.35. The molecule has 0 bridgehead atoms. The lowest BCUT2D eigenvalue weighted by atomic mass is 10.1. The van der Waals surface area contributed by atoms with E-state index in [1.807, 2.05) is 40.1 Å². The fraction of sp³-hybridized carbons (Fsp3) is 0.500. The number of rotatable bonds is 4. The van der Waals surface area contributed by atoms with Gasteiger partial charge in [0.25, 0.3) is 0 Å². The van der Waals surface area contributed by atoms with Gasteiger partial charge in [0.15, 0.2) is 0 Å². The maximum absolute atomic E-state index is 12.4. The molecule has 2 aliphatic heterocycles. The second-order valence-electron chi connectivity index (χ2n) is 6.93. The van der Waals surface area contributed by atoms with Crippen LogP contribution in [0.15, 0.2) is 34.8 Å². The molecule has 2 aliphatic rings. The summed E-state index contributed by atoms with van der Waals surface area (Å²) in [6, 6.07) is 7.86. The summed E-state index contributed by atoms with van der Waals surface area (Å²) in [4.78, 5) is 30.7. The highest BCUT2D eigenvalue weighted by molar-refractivity contribution is 9.10. The van der Waals surface area contributed by atoms with Crippen molar-refractivity contribution < 1.29 is 9.59 Å². The molecule has 0 unspecified atom stereocenters. The second kappa shape index (κ2) is 9.33. The molecular weight excluding hydrogens is 394 g/mol. The standard InChI is InChI=1S/C20H26BrN3O2/c21-18-6-4-5-17(15-18)7-8-19(25)24-13-11-22(12-14-24)16-20(26)23-9-2-1-3-10-23/h4-8,15H,1-3,9-14,16H2/b8-7+. The van der Waals surface area contributed by atoms with E-state index in [2.05, 4.69) is 20.8 Å². The number of amides is 2. The van der Waals surface area contributed by atoms with Gasteiger partial charge in [-0.15, -0.1) is 0 Å². The van der Waals surface area contributed by atoms with E-state index in [4.69, 9.17) is 0 Å². The molecule has 3 rings (SSSR count). The molecule has 0 radical (unpaired) electrons. The number of carbonyl (C=O) groups excluding carboxylic acids is 2. The van der Waals surface area contributed by atoms with Crippen molar-refractivity contribution in [2.75, 3.05) is 45.8 Å². The average Bonchev–Trinajstić information content (AvgIpc) is 2.67. The summed E-state index contributed by atoms with van der Waals surface area (Å²) in [6.07, 6.45) is 6.96. The van der Waals surface area contributed by atoms with E-state index in [1.54, 1.807) is 6.08 Å². The number of halogens is 1. The van der Waals surface area contributed by atoms with E-state index in [-0.39, 0.29) is 11.8 Å². The maximum Gasteiger partial charge on any atom is 0.246 e. The highest BCUT2D eigenvalue weighted by Gasteiger charge is 2.23. The van der Waals surface area contributed by atoms with Crippen molar-refractivity contribution in [1.29, 1.82) is 0 Å². The molecular formula is C20H26BrN3O2. The zero-order valence-electron chi connectivity index (χ0n) is 15.1. The Bertz CT molecular complexity index is 663. The van der Waals surface area contributed by atoms with Crippen LogP contribution in [0.25, 0.3) is 6.08 Å². The van der Waals surface area contributed by atoms with Crippen LogP contribution in [-0.2, 0) is 9.59 Å². The number of nitrogens with zero attached hydrogens (tertiary/aromatic N) is 3. The Kier molecular flexibility index (Phi) is 6.86. The Hall–Kier alpha value is -1.66. The summed E-state index contributed by atoms with van der Waals surface area (Å²) in [5.41, 5.74) is 0.999. The SMILES string of the molecule is O=C(/C=C/c1cccc(Br)c1)N1CCN(CC(=O)N2CCCCC2)CC1. The van der Waals surface area contributed by atoms with Crippen LogP contribution in [0.1, 0.15) is 24.8 Å². The summed E-state index contributed by atoms with van der Waals surface area (Å²) in [6.45, 7) is 5.15. The fourth-order valence-corrected chi connectivity index (χ4v) is 3.86. The third-order valence-corrected chi connectivity index (χ3v) is 5.51. The Morgan fingerprint density at radius 1 is 0.962 bits per heavy atom. The molecule has 2 amide bonds. The van der Waals surface area contributed by atoms with Crippen LogP contribution in [0.2, 0.25) is 0 Å². The number of piperidine rings is 1. The molecule has 140 valence electrons. The first-order valence-corrected chi connectivity index (χ1v) is 10.1. The van der Waals surface area contributed by atoms with Crippen LogP contribution in [0.4, 0.5) is 0 Å². The average molecular weight is 420 g/mol. The van der Waals surface area contributed by atoms with Gasteiger partial charge < -0.3 is 9.80 Å². The molecule has 2 fully saturated rings. The molecule has 6 heteroatoms. The minimum absolute atomic E-state index is 0.0342. The molecule has 0 aliphatic carbocycles. The first-order chi connectivity index (χ1) is 12.6. The van der Waals surface area contributed by atoms with Crippen molar-refractivity contribution in [3.8, 4) is 0 Å². The number of likely N-dealkylation sites (tertiary alicyclic amines) is 1. The summed E-state index contributed by atoms with van der Waals surface area (Å²) in [5, 5.41) is 0. The number of hydrogen-bond donors (Lipinski definition) is 0. The third kappa shape index (κ3) is 5.42. The summed E-state index contributed by atoms with van der Waals surface area (Å²) in [5.74, 6) is 0.269. The van der Waals surface area contributed by atoms with Gasteiger partial charge in [-0.2, -0.15) is 0 Å². The Morgan fingerprint density at radius 2 is 1.69 bits per heavy atom. The quantitative estimate of drug-likeness (QED) is 0.704. The predicted octanol–water partition coefficient (Wildman–Crippen LogP) is 2.62. The van der Waals surface area contributed by atoms with Crippen LogP contribution in [0, 0.1) is 0 Å². The molecule has 2 heterocycles. The minimum Gasteiger partial charge on any atom is -0.342 e. The Labute approximate surface area is 163 Å². The molecule has 1 aromatic carbocycles. The van der Waals surface area contributed by atoms with Crippen LogP contribution in [0.3, 0.4) is 0 Å². The van der Waals surface area contributed by atoms with Gasteiger partial charge in [0.1, 0.15) is 0 Å². The highest BCUT2D eigenvalue weighted by atomic mass is 79.9. The topological polar surface area (TPSA) is 43.9 Å². The van der Waals surface area contributed by atoms with Crippen molar-refractivity contribution >= 4 is 33.8 Å². The zero-order valence-corrected chi connectivity index (χ0v) is 16.7. The molecule has 0 atom stereocenters. The Balaban J connectivity index is 1.44. The van der Waals surface area contributed by atoms with Gasteiger partial charge in [-0.1, -0.05) is 28.1 Å². The van der Waals surface area contributed by atoms with Crippen molar-refractivity contribution in [2.45, 2.75) is 19.3 Å². The zero-order chi connectivity index (χ0) is 18.4.